The van der Waals surface area contributed by atoms with E-state index >= 15 is 0 Å². The van der Waals surface area contributed by atoms with Crippen molar-refractivity contribution in [3.05, 3.63) is 92.9 Å². The van der Waals surface area contributed by atoms with Crippen molar-refractivity contribution in [3.8, 4) is 5.75 Å². The molecule has 2 heterocycles. The first-order valence-electron chi connectivity index (χ1n) is 14.2. The monoisotopic (exact) mass is 673 g/mol. The number of rotatable bonds is 6. The highest BCUT2D eigenvalue weighted by atomic mass is 79.9. The number of halogens is 2. The van der Waals surface area contributed by atoms with Gasteiger partial charge in [0.15, 0.2) is 0 Å². The number of hydrogen-bond acceptors (Lipinski definition) is 5. The summed E-state index contributed by atoms with van der Waals surface area (Å²) in [5.74, 6) is -0.626. The summed E-state index contributed by atoms with van der Waals surface area (Å²) in [4.78, 5) is 13.8. The summed E-state index contributed by atoms with van der Waals surface area (Å²) in [5, 5.41) is 0.654. The molecule has 0 radical (unpaired) electrons. The fourth-order valence-corrected chi connectivity index (χ4v) is 7.35. The SMILES string of the molecule is CC(C)(C)c1ccc2c(c1)OC(C)(C)[C@H]1C[C@H](C(=O)NS(=O)(=O)c3ccc(Br)cc3)[C@H](CCc3ccc(Cl)cc3)O[C@H]21. The van der Waals surface area contributed by atoms with Crippen molar-refractivity contribution in [1.82, 2.24) is 4.72 Å². The highest BCUT2D eigenvalue weighted by Crippen LogP contribution is 2.53. The van der Waals surface area contributed by atoms with Crippen LogP contribution in [0.2, 0.25) is 5.02 Å². The Labute approximate surface area is 262 Å². The molecule has 2 aliphatic rings. The lowest BCUT2D eigenvalue weighted by molar-refractivity contribution is -0.179. The second-order valence-corrected chi connectivity index (χ2v) is 15.9. The zero-order valence-electron chi connectivity index (χ0n) is 24.5. The van der Waals surface area contributed by atoms with Gasteiger partial charge in [0.05, 0.1) is 23.0 Å². The maximum absolute atomic E-state index is 13.8. The first-order valence-corrected chi connectivity index (χ1v) is 16.8. The molecule has 3 aromatic rings. The predicted molar refractivity (Wildman–Crippen MR) is 168 cm³/mol. The molecular weight excluding hydrogens is 638 g/mol. The average Bonchev–Trinajstić information content (AvgIpc) is 2.91. The number of nitrogens with one attached hydrogen (secondary N) is 1. The highest BCUT2D eigenvalue weighted by molar-refractivity contribution is 9.10. The maximum Gasteiger partial charge on any atom is 0.264 e. The second kappa shape index (κ2) is 11.6. The number of fused-ring (bicyclic) bond motifs is 3. The van der Waals surface area contributed by atoms with Crippen LogP contribution in [0.1, 0.15) is 70.3 Å². The van der Waals surface area contributed by atoms with Gasteiger partial charge in [0.25, 0.3) is 10.0 Å². The number of carbonyl (C=O) groups is 1. The van der Waals surface area contributed by atoms with Crippen LogP contribution in [0.3, 0.4) is 0 Å². The van der Waals surface area contributed by atoms with Crippen LogP contribution in [-0.4, -0.2) is 26.0 Å². The molecule has 0 saturated carbocycles. The van der Waals surface area contributed by atoms with Crippen LogP contribution in [0.4, 0.5) is 0 Å². The molecule has 0 aliphatic carbocycles. The van der Waals surface area contributed by atoms with Crippen LogP contribution < -0.4 is 9.46 Å². The number of sulfonamides is 1. The van der Waals surface area contributed by atoms with E-state index in [0.717, 1.165) is 21.3 Å². The van der Waals surface area contributed by atoms with Crippen LogP contribution in [-0.2, 0) is 31.4 Å². The van der Waals surface area contributed by atoms with Gasteiger partial charge in [-0.2, -0.15) is 0 Å². The third-order valence-electron chi connectivity index (χ3n) is 8.42. The van der Waals surface area contributed by atoms with E-state index in [4.69, 9.17) is 21.1 Å². The van der Waals surface area contributed by atoms with Crippen LogP contribution in [0.5, 0.6) is 5.75 Å². The van der Waals surface area contributed by atoms with E-state index < -0.39 is 33.6 Å². The Morgan fingerprint density at radius 3 is 2.36 bits per heavy atom. The van der Waals surface area contributed by atoms with Crippen molar-refractivity contribution in [2.75, 3.05) is 0 Å². The lowest BCUT2D eigenvalue weighted by atomic mass is 9.70. The van der Waals surface area contributed by atoms with Gasteiger partial charge < -0.3 is 9.47 Å². The van der Waals surface area contributed by atoms with Gasteiger partial charge in [-0.1, -0.05) is 72.6 Å². The lowest BCUT2D eigenvalue weighted by Gasteiger charge is -2.51. The van der Waals surface area contributed by atoms with Gasteiger partial charge in [0.2, 0.25) is 5.91 Å². The Bertz CT molecular complexity index is 1570. The van der Waals surface area contributed by atoms with Gasteiger partial charge in [0.1, 0.15) is 11.4 Å². The summed E-state index contributed by atoms with van der Waals surface area (Å²) in [6, 6.07) is 20.1. The van der Waals surface area contributed by atoms with Crippen LogP contribution in [0.15, 0.2) is 76.1 Å². The van der Waals surface area contributed by atoms with Crippen LogP contribution >= 0.6 is 27.5 Å². The molecule has 0 unspecified atom stereocenters. The Kier molecular flexibility index (Phi) is 8.58. The smallest absolute Gasteiger partial charge is 0.264 e. The summed E-state index contributed by atoms with van der Waals surface area (Å²) >= 11 is 9.41. The highest BCUT2D eigenvalue weighted by Gasteiger charge is 2.52. The quantitative estimate of drug-likeness (QED) is 0.289. The molecule has 224 valence electrons. The van der Waals surface area contributed by atoms with Gasteiger partial charge in [-0.25, -0.2) is 13.1 Å². The third kappa shape index (κ3) is 6.57. The van der Waals surface area contributed by atoms with Crippen molar-refractivity contribution in [2.45, 2.75) is 82.0 Å². The normalized spacial score (nSPS) is 23.3. The Balaban J connectivity index is 1.46. The Morgan fingerprint density at radius 2 is 1.71 bits per heavy atom. The molecule has 1 fully saturated rings. The van der Waals surface area contributed by atoms with Crippen LogP contribution in [0.25, 0.3) is 0 Å². The van der Waals surface area contributed by atoms with E-state index in [1.54, 1.807) is 12.1 Å². The van der Waals surface area contributed by atoms with Gasteiger partial charge in [-0.05, 0) is 92.1 Å². The van der Waals surface area contributed by atoms with E-state index in [1.165, 1.54) is 17.7 Å². The number of carbonyl (C=O) groups excluding carboxylic acids is 1. The Hall–Kier alpha value is -2.39. The fourth-order valence-electron chi connectivity index (χ4n) is 5.93. The van der Waals surface area contributed by atoms with E-state index in [-0.39, 0.29) is 22.3 Å². The fraction of sp³-hybridized carbons (Fsp3) is 0.424. The topological polar surface area (TPSA) is 81.7 Å². The minimum absolute atomic E-state index is 0.0243. The van der Waals surface area contributed by atoms with Crippen molar-refractivity contribution < 1.29 is 22.7 Å². The molecule has 4 atom stereocenters. The van der Waals surface area contributed by atoms with Gasteiger partial charge in [-0.3, -0.25) is 4.79 Å². The molecule has 1 amide bonds. The van der Waals surface area contributed by atoms with E-state index in [2.05, 4.69) is 59.6 Å². The number of aryl methyl sites for hydroxylation is 1. The Morgan fingerprint density at radius 1 is 1.05 bits per heavy atom. The van der Waals surface area contributed by atoms with E-state index in [1.807, 2.05) is 38.1 Å². The molecule has 1 saturated heterocycles. The first kappa shape index (κ1) is 31.0. The van der Waals surface area contributed by atoms with Crippen molar-refractivity contribution in [2.24, 2.45) is 11.8 Å². The molecule has 42 heavy (non-hydrogen) atoms. The third-order valence-corrected chi connectivity index (χ3v) is 10.6. The van der Waals surface area contributed by atoms with E-state index in [0.29, 0.717) is 24.3 Å². The molecular formula is C33H37BrClNO5S. The largest absolute Gasteiger partial charge is 0.487 e. The zero-order chi connectivity index (χ0) is 30.4. The zero-order valence-corrected chi connectivity index (χ0v) is 27.6. The molecule has 1 N–H and O–H groups in total. The average molecular weight is 675 g/mol. The standard InChI is InChI=1S/C33H37BrClNO5S/c1-32(2,3)21-9-16-25-29(18-21)41-33(4,5)27-19-26(31(37)36-42(38,39)24-14-10-22(34)11-15-24)28(40-30(25)27)17-8-20-6-12-23(35)13-7-20/h6-7,9-16,18,26-28,30H,8,17,19H2,1-5H3,(H,36,37)/t26-,27-,28-,30+/m0/s1. The van der Waals surface area contributed by atoms with Crippen molar-refractivity contribution >= 4 is 43.5 Å². The molecule has 3 aromatic carbocycles. The molecule has 0 aromatic heterocycles. The summed E-state index contributed by atoms with van der Waals surface area (Å²) in [6.45, 7) is 10.5. The lowest BCUT2D eigenvalue weighted by Crippen LogP contribution is -2.54. The number of ether oxygens (including phenoxy) is 2. The maximum atomic E-state index is 13.8. The molecule has 6 nitrogen and oxygen atoms in total. The molecule has 5 rings (SSSR count). The number of amides is 1. The number of hydrogen-bond donors (Lipinski definition) is 1. The van der Waals surface area contributed by atoms with Crippen molar-refractivity contribution in [3.63, 3.8) is 0 Å². The summed E-state index contributed by atoms with van der Waals surface area (Å²) in [5.41, 5.74) is 2.51. The number of benzene rings is 3. The van der Waals surface area contributed by atoms with Crippen LogP contribution in [0, 0.1) is 11.8 Å². The second-order valence-electron chi connectivity index (χ2n) is 12.8. The molecule has 9 heteroatoms. The minimum Gasteiger partial charge on any atom is -0.487 e. The summed E-state index contributed by atoms with van der Waals surface area (Å²) < 4.78 is 42.8. The van der Waals surface area contributed by atoms with Crippen molar-refractivity contribution in [1.29, 1.82) is 0 Å². The van der Waals surface area contributed by atoms with Gasteiger partial charge >= 0.3 is 0 Å². The minimum atomic E-state index is -4.07. The van der Waals surface area contributed by atoms with Gasteiger partial charge in [0, 0.05) is 21.0 Å². The summed E-state index contributed by atoms with van der Waals surface area (Å²) in [7, 11) is -4.07. The first-order chi connectivity index (χ1) is 19.6. The van der Waals surface area contributed by atoms with Gasteiger partial charge in [-0.15, -0.1) is 0 Å². The summed E-state index contributed by atoms with van der Waals surface area (Å²) in [6.07, 6.45) is 0.813. The molecule has 0 bridgehead atoms. The van der Waals surface area contributed by atoms with E-state index in [9.17, 15) is 13.2 Å². The molecule has 2 aliphatic heterocycles. The predicted octanol–water partition coefficient (Wildman–Crippen LogP) is 7.77. The molecule has 0 spiro atoms.